The van der Waals surface area contributed by atoms with Crippen LogP contribution in [0.3, 0.4) is 0 Å². The van der Waals surface area contributed by atoms with E-state index in [4.69, 9.17) is 0 Å². The van der Waals surface area contributed by atoms with Crippen molar-refractivity contribution in [1.82, 2.24) is 19.6 Å². The molecule has 4 amide bonds. The van der Waals surface area contributed by atoms with E-state index in [0.717, 1.165) is 155 Å². The fourth-order valence-electron chi connectivity index (χ4n) is 13.7. The molecule has 652 valence electrons. The molecule has 6 heterocycles. The van der Waals surface area contributed by atoms with E-state index in [9.17, 15) is 49.8 Å². The normalized spacial score (nSPS) is 14.0. The Kier molecular flexibility index (Phi) is 43.0. The first kappa shape index (κ1) is 96.5. The second-order valence-corrected chi connectivity index (χ2v) is 36.2. The summed E-state index contributed by atoms with van der Waals surface area (Å²) in [5.74, 6) is 4.27. The molecule has 2 saturated heterocycles. The van der Waals surface area contributed by atoms with Gasteiger partial charge in [0.15, 0.2) is 75.8 Å². The molecular formula is C96H128N12O10S4+4. The van der Waals surface area contributed by atoms with Crippen LogP contribution in [0, 0.1) is 0 Å². The molecule has 122 heavy (non-hydrogen) atoms. The van der Waals surface area contributed by atoms with Crippen LogP contribution in [0.4, 0.5) is 22.7 Å². The van der Waals surface area contributed by atoms with Crippen LogP contribution in [0.25, 0.3) is 48.6 Å². The monoisotopic (exact) mass is 1740 g/mol. The molecule has 2 aliphatic heterocycles. The second kappa shape index (κ2) is 54.3. The summed E-state index contributed by atoms with van der Waals surface area (Å²) in [5.41, 5.74) is 13.0. The molecule has 22 nitrogen and oxygen atoms in total. The van der Waals surface area contributed by atoms with E-state index in [1.54, 1.807) is 53.0 Å². The fourth-order valence-corrected chi connectivity index (χ4v) is 18.1. The molecule has 0 bridgehead atoms. The second-order valence-electron chi connectivity index (χ2n) is 30.8. The number of nitrogens with zero attached hydrogens (tertiary/aromatic N) is 12. The lowest BCUT2D eigenvalue weighted by Gasteiger charge is -2.22. The molecule has 0 radical (unpaired) electrons. The Bertz CT molecular complexity index is 4200. The molecule has 4 aromatic carbocycles. The highest BCUT2D eigenvalue weighted by Crippen LogP contribution is 2.28. The Balaban J connectivity index is 0.000000277. The van der Waals surface area contributed by atoms with Crippen molar-refractivity contribution >= 4 is 138 Å². The van der Waals surface area contributed by atoms with Crippen LogP contribution < -0.4 is 37.9 Å². The largest absolute Gasteiger partial charge is 0.395 e. The predicted molar refractivity (Wildman–Crippen MR) is 504 cm³/mol. The Labute approximate surface area is 739 Å². The number of benzene rings is 4. The van der Waals surface area contributed by atoms with Gasteiger partial charge in [-0.25, -0.2) is 18.3 Å². The van der Waals surface area contributed by atoms with Crippen molar-refractivity contribution in [3.63, 3.8) is 0 Å². The molecule has 0 saturated carbocycles. The van der Waals surface area contributed by atoms with Crippen LogP contribution in [0.15, 0.2) is 195 Å². The van der Waals surface area contributed by atoms with Gasteiger partial charge in [-0.05, 0) is 132 Å². The van der Waals surface area contributed by atoms with Gasteiger partial charge in [0.25, 0.3) is 0 Å². The van der Waals surface area contributed by atoms with Gasteiger partial charge in [-0.3, -0.25) is 19.2 Å². The summed E-state index contributed by atoms with van der Waals surface area (Å²) in [6.45, 7) is 10.8. The molecule has 26 heteroatoms. The van der Waals surface area contributed by atoms with Crippen molar-refractivity contribution < 1.29 is 68.1 Å². The SMILES string of the molecule is CN(CC[n+]1ccc(/C=C/c2ccc(N(CCO)CCO)cc2)cc1)C(=O)CCCSSCCCC(=O)N(C)CC[n+]1ccc(/C=C/c2ccc(N(CCO)CCO)cc2)cc1.CN(CC[n+]1ccc(/C=C/c2ccc(N3CCC(O)C3)cc2)cc1)C(=O)CCCSSCCCC(=O)N(C)CC[n+]1ccc(/C=C/c2ccc(N3CCC(O)C3)cc2)cc1. The maximum absolute atomic E-state index is 12.7. The molecule has 0 aliphatic carbocycles. The highest BCUT2D eigenvalue weighted by molar-refractivity contribution is 8.77. The molecule has 2 fully saturated rings. The number of amides is 4. The Morgan fingerprint density at radius 1 is 0.328 bits per heavy atom. The number of carbonyl (C=O) groups excluding carboxylic acids is 4. The van der Waals surface area contributed by atoms with Crippen LogP contribution in [-0.2, 0) is 45.4 Å². The summed E-state index contributed by atoms with van der Waals surface area (Å²) in [6, 6.07) is 49.6. The number of anilines is 4. The van der Waals surface area contributed by atoms with Gasteiger partial charge < -0.3 is 69.8 Å². The first-order valence-corrected chi connectivity index (χ1v) is 47.7. The number of hydrogen-bond acceptors (Lipinski definition) is 18. The summed E-state index contributed by atoms with van der Waals surface area (Å²) in [5, 5.41) is 56.7. The fraction of sp³-hybridized carbons (Fsp3) is 0.417. The average Bonchev–Trinajstić information content (AvgIpc) is 1.78. The molecule has 10 rings (SSSR count). The standard InChI is InChI=1S/C48H66N6O6S2.C48H62N6O4S2/c1-49(27-29-51-23-19-43(20-24-51)9-7-41-11-15-45(16-12-41)53(31-35-55)32-36-56)47(59)5-3-39-61-62-40-4-6-48(60)50(2)28-30-52-25-21-44(22-26-52)10-8-42-13-17-46(18-14-42)54(33-37-57)34-38-58;1-49(31-33-51-25-19-41(20-26-51)9-7-39-11-15-43(16-12-39)53-29-23-45(55)37-53)47(57)5-3-35-59-60-36-4-6-48(58)50(2)32-34-52-27-21-42(22-28-52)10-8-40-13-17-44(18-14-40)54-30-24-46(56)38-54/h7-26,55-58H,3-6,27-40H2,1-2H3;7-22,25-28,45-46,55-56H,3-6,23-24,29-38H2,1-2H3/q2*+2. The molecule has 0 spiro atoms. The van der Waals surface area contributed by atoms with Gasteiger partial charge in [-0.2, -0.15) is 0 Å². The van der Waals surface area contributed by atoms with Crippen LogP contribution in [0.2, 0.25) is 0 Å². The predicted octanol–water partition coefficient (Wildman–Crippen LogP) is 11.0. The summed E-state index contributed by atoms with van der Waals surface area (Å²) < 4.78 is 8.38. The molecule has 4 aromatic heterocycles. The molecule has 2 aliphatic rings. The third kappa shape index (κ3) is 35.1. The number of carbonyl (C=O) groups is 4. The van der Waals surface area contributed by atoms with Crippen LogP contribution >= 0.6 is 43.2 Å². The van der Waals surface area contributed by atoms with Gasteiger partial charge in [0.1, 0.15) is 0 Å². The smallest absolute Gasteiger partial charge is 0.222 e. The number of aliphatic hydroxyl groups excluding tert-OH is 6. The van der Waals surface area contributed by atoms with E-state index in [-0.39, 0.29) is 62.3 Å². The van der Waals surface area contributed by atoms with Crippen molar-refractivity contribution in [1.29, 1.82) is 0 Å². The molecular weight excluding hydrogens is 1610 g/mol. The Morgan fingerprint density at radius 3 is 0.746 bits per heavy atom. The number of aromatic nitrogens is 4. The number of hydrogen-bond donors (Lipinski definition) is 6. The molecule has 8 aromatic rings. The van der Waals surface area contributed by atoms with Crippen molar-refractivity contribution in [3.05, 3.63) is 240 Å². The first-order valence-electron chi connectivity index (χ1n) is 42.7. The number of likely N-dealkylation sites (N-methyl/N-ethyl adjacent to an activating group) is 4. The molecule has 2 unspecified atom stereocenters. The number of rotatable bonds is 50. The lowest BCUT2D eigenvalue weighted by Crippen LogP contribution is -2.40. The minimum Gasteiger partial charge on any atom is -0.395 e. The third-order valence-electron chi connectivity index (χ3n) is 21.5. The summed E-state index contributed by atoms with van der Waals surface area (Å²) in [7, 11) is 14.6. The van der Waals surface area contributed by atoms with E-state index < -0.39 is 0 Å². The van der Waals surface area contributed by atoms with Crippen molar-refractivity contribution in [2.75, 3.05) is 176 Å². The van der Waals surface area contributed by atoms with Gasteiger partial charge in [0.05, 0.1) is 64.8 Å². The van der Waals surface area contributed by atoms with Crippen molar-refractivity contribution in [3.8, 4) is 0 Å². The van der Waals surface area contributed by atoms with E-state index >= 15 is 0 Å². The zero-order valence-electron chi connectivity index (χ0n) is 71.6. The zero-order chi connectivity index (χ0) is 86.5. The van der Waals surface area contributed by atoms with Gasteiger partial charge in [0.2, 0.25) is 23.6 Å². The van der Waals surface area contributed by atoms with Crippen LogP contribution in [0.5, 0.6) is 0 Å². The van der Waals surface area contributed by atoms with E-state index in [1.165, 1.54) is 0 Å². The quantitative estimate of drug-likeness (QED) is 0.0118. The highest BCUT2D eigenvalue weighted by atomic mass is 33.1. The summed E-state index contributed by atoms with van der Waals surface area (Å²) in [4.78, 5) is 66.5. The Hall–Kier alpha value is -9.32. The topological polar surface area (TPSA) is 231 Å². The number of β-amino-alcohol motifs (C(OH)–C–C–N with tert-alkyl or cyclic N) is 2. The minimum atomic E-state index is -0.224. The van der Waals surface area contributed by atoms with E-state index in [1.807, 2.05) is 121 Å². The number of pyridine rings is 4. The maximum atomic E-state index is 12.7. The minimum absolute atomic E-state index is 0.0368. The highest BCUT2D eigenvalue weighted by Gasteiger charge is 2.23. The zero-order valence-corrected chi connectivity index (χ0v) is 74.9. The van der Waals surface area contributed by atoms with Crippen LogP contribution in [0.1, 0.15) is 109 Å². The molecule has 6 N–H and O–H groups in total. The van der Waals surface area contributed by atoms with Crippen molar-refractivity contribution in [2.24, 2.45) is 0 Å². The van der Waals surface area contributed by atoms with Crippen LogP contribution in [-0.4, -0.2) is 242 Å². The lowest BCUT2D eigenvalue weighted by atomic mass is 10.1. The van der Waals surface area contributed by atoms with Gasteiger partial charge in [-0.15, -0.1) is 0 Å². The third-order valence-corrected chi connectivity index (χ3v) is 26.7. The van der Waals surface area contributed by atoms with Gasteiger partial charge >= 0.3 is 0 Å². The van der Waals surface area contributed by atoms with Gasteiger partial charge in [-0.1, -0.05) is 140 Å². The average molecular weight is 1740 g/mol. The van der Waals surface area contributed by atoms with Gasteiger partial charge in [0, 0.05) is 201 Å². The van der Waals surface area contributed by atoms with E-state index in [2.05, 4.69) is 199 Å². The molecule has 2 atom stereocenters. The summed E-state index contributed by atoms with van der Waals surface area (Å²) in [6.07, 6.45) is 39.7. The lowest BCUT2D eigenvalue weighted by molar-refractivity contribution is -0.696. The summed E-state index contributed by atoms with van der Waals surface area (Å²) >= 11 is 0. The van der Waals surface area contributed by atoms with Crippen molar-refractivity contribution in [2.45, 2.75) is 103 Å². The number of aliphatic hydroxyl groups is 6. The Morgan fingerprint density at radius 2 is 0.541 bits per heavy atom. The maximum Gasteiger partial charge on any atom is 0.222 e. The van der Waals surface area contributed by atoms with E-state index in [0.29, 0.717) is 104 Å². The first-order chi connectivity index (χ1) is 59.4.